The maximum Gasteiger partial charge on any atom is 0.228 e. The summed E-state index contributed by atoms with van der Waals surface area (Å²) in [6.07, 6.45) is 2.25. The van der Waals surface area contributed by atoms with Gasteiger partial charge < -0.3 is 14.4 Å². The van der Waals surface area contributed by atoms with Crippen molar-refractivity contribution in [1.82, 2.24) is 9.97 Å². The molecule has 0 aromatic carbocycles. The van der Waals surface area contributed by atoms with Gasteiger partial charge in [0.25, 0.3) is 0 Å². The third-order valence-corrected chi connectivity index (χ3v) is 2.69. The molecule has 5 heteroatoms. The average Bonchev–Trinajstić information content (AvgIpc) is 2.72. The molecule has 0 aliphatic rings. The van der Waals surface area contributed by atoms with Crippen LogP contribution in [0.1, 0.15) is 11.5 Å². The van der Waals surface area contributed by atoms with Crippen molar-refractivity contribution < 1.29 is 9.52 Å². The summed E-state index contributed by atoms with van der Waals surface area (Å²) in [5, 5.41) is 8.92. The van der Waals surface area contributed by atoms with Crippen LogP contribution in [0.5, 0.6) is 0 Å². The lowest BCUT2D eigenvalue weighted by molar-refractivity contribution is 0.297. The Balaban J connectivity index is 2.28. The van der Waals surface area contributed by atoms with Gasteiger partial charge in [-0.25, -0.2) is 9.97 Å². The SMILES string of the molecule is Cc1oc(-c2ccc(N(C)C)nc2)nc1CCO. The minimum atomic E-state index is 0.0740. The number of hydrogen-bond acceptors (Lipinski definition) is 5. The van der Waals surface area contributed by atoms with E-state index < -0.39 is 0 Å². The van der Waals surface area contributed by atoms with Crippen LogP contribution in [-0.2, 0) is 6.42 Å². The highest BCUT2D eigenvalue weighted by atomic mass is 16.4. The van der Waals surface area contributed by atoms with Crippen LogP contribution in [-0.4, -0.2) is 35.8 Å². The number of hydrogen-bond donors (Lipinski definition) is 1. The minimum Gasteiger partial charge on any atom is -0.441 e. The molecule has 18 heavy (non-hydrogen) atoms. The fourth-order valence-corrected chi connectivity index (χ4v) is 1.67. The van der Waals surface area contributed by atoms with Crippen molar-refractivity contribution in [1.29, 1.82) is 0 Å². The number of aliphatic hydroxyl groups excluding tert-OH is 1. The number of anilines is 1. The van der Waals surface area contributed by atoms with E-state index in [1.165, 1.54) is 0 Å². The van der Waals surface area contributed by atoms with Crippen LogP contribution in [0.3, 0.4) is 0 Å². The van der Waals surface area contributed by atoms with E-state index in [1.807, 2.05) is 38.1 Å². The molecule has 1 N–H and O–H groups in total. The molecule has 2 aromatic rings. The van der Waals surface area contributed by atoms with Crippen LogP contribution < -0.4 is 4.90 Å². The van der Waals surface area contributed by atoms with E-state index in [0.29, 0.717) is 12.3 Å². The highest BCUT2D eigenvalue weighted by Gasteiger charge is 2.11. The Bertz CT molecular complexity index is 518. The number of pyridine rings is 1. The molecular formula is C13H17N3O2. The Morgan fingerprint density at radius 2 is 2.11 bits per heavy atom. The number of aromatic nitrogens is 2. The van der Waals surface area contributed by atoms with Crippen molar-refractivity contribution >= 4 is 5.82 Å². The Morgan fingerprint density at radius 1 is 1.33 bits per heavy atom. The Hall–Kier alpha value is -1.88. The van der Waals surface area contributed by atoms with Gasteiger partial charge in [-0.15, -0.1) is 0 Å². The van der Waals surface area contributed by atoms with Gasteiger partial charge in [0.05, 0.1) is 11.3 Å². The second-order valence-corrected chi connectivity index (χ2v) is 4.30. The lowest BCUT2D eigenvalue weighted by Gasteiger charge is -2.10. The first-order chi connectivity index (χ1) is 8.61. The van der Waals surface area contributed by atoms with Crippen LogP contribution in [0.2, 0.25) is 0 Å². The zero-order valence-electron chi connectivity index (χ0n) is 10.8. The second kappa shape index (κ2) is 5.18. The second-order valence-electron chi connectivity index (χ2n) is 4.30. The number of aryl methyl sites for hydroxylation is 1. The van der Waals surface area contributed by atoms with Gasteiger partial charge in [0, 0.05) is 33.3 Å². The van der Waals surface area contributed by atoms with E-state index in [4.69, 9.17) is 9.52 Å². The lowest BCUT2D eigenvalue weighted by atomic mass is 10.2. The standard InChI is InChI=1S/C13H17N3O2/c1-9-11(6-7-17)15-13(18-9)10-4-5-12(14-8-10)16(2)3/h4-5,8,17H,6-7H2,1-3H3. The largest absolute Gasteiger partial charge is 0.441 e. The number of oxazole rings is 1. The molecule has 2 aromatic heterocycles. The van der Waals surface area contributed by atoms with Gasteiger partial charge in [-0.05, 0) is 19.1 Å². The molecule has 0 amide bonds. The van der Waals surface area contributed by atoms with E-state index in [2.05, 4.69) is 9.97 Å². The Labute approximate surface area is 106 Å². The first-order valence-corrected chi connectivity index (χ1v) is 5.82. The smallest absolute Gasteiger partial charge is 0.228 e. The van der Waals surface area contributed by atoms with Gasteiger partial charge in [0.1, 0.15) is 11.6 Å². The van der Waals surface area contributed by atoms with Gasteiger partial charge in [-0.1, -0.05) is 0 Å². The normalized spacial score (nSPS) is 10.7. The molecule has 0 spiro atoms. The molecule has 0 saturated heterocycles. The highest BCUT2D eigenvalue weighted by Crippen LogP contribution is 2.22. The number of rotatable bonds is 4. The molecule has 96 valence electrons. The first kappa shape index (κ1) is 12.6. The van der Waals surface area contributed by atoms with Crippen LogP contribution in [0, 0.1) is 6.92 Å². The number of aliphatic hydroxyl groups is 1. The molecule has 0 atom stereocenters. The zero-order valence-corrected chi connectivity index (χ0v) is 10.8. The van der Waals surface area contributed by atoms with E-state index in [1.54, 1.807) is 6.20 Å². The van der Waals surface area contributed by atoms with Gasteiger partial charge in [0.15, 0.2) is 0 Å². The third kappa shape index (κ3) is 2.51. The van der Waals surface area contributed by atoms with Crippen molar-refractivity contribution in [3.63, 3.8) is 0 Å². The fourth-order valence-electron chi connectivity index (χ4n) is 1.67. The summed E-state index contributed by atoms with van der Waals surface area (Å²) in [5.74, 6) is 2.18. The van der Waals surface area contributed by atoms with E-state index in [9.17, 15) is 0 Å². The molecule has 0 aliphatic carbocycles. The van der Waals surface area contributed by atoms with Crippen LogP contribution in [0.4, 0.5) is 5.82 Å². The molecule has 0 saturated carbocycles. The first-order valence-electron chi connectivity index (χ1n) is 5.82. The predicted molar refractivity (Wildman–Crippen MR) is 69.6 cm³/mol. The quantitative estimate of drug-likeness (QED) is 0.890. The van der Waals surface area contributed by atoms with Crippen LogP contribution in [0.15, 0.2) is 22.7 Å². The maximum atomic E-state index is 8.92. The van der Waals surface area contributed by atoms with Crippen molar-refractivity contribution in [2.45, 2.75) is 13.3 Å². The Morgan fingerprint density at radius 3 is 2.67 bits per heavy atom. The summed E-state index contributed by atoms with van der Waals surface area (Å²) in [6, 6.07) is 3.84. The fraction of sp³-hybridized carbons (Fsp3) is 0.385. The molecule has 0 bridgehead atoms. The molecule has 0 fully saturated rings. The third-order valence-electron chi connectivity index (χ3n) is 2.69. The van der Waals surface area contributed by atoms with Gasteiger partial charge in [0.2, 0.25) is 5.89 Å². The van der Waals surface area contributed by atoms with Crippen molar-refractivity contribution in [3.05, 3.63) is 29.8 Å². The van der Waals surface area contributed by atoms with Crippen LogP contribution >= 0.6 is 0 Å². The van der Waals surface area contributed by atoms with Gasteiger partial charge in [-0.3, -0.25) is 0 Å². The maximum absolute atomic E-state index is 8.92. The van der Waals surface area contributed by atoms with Gasteiger partial charge in [-0.2, -0.15) is 0 Å². The summed E-state index contributed by atoms with van der Waals surface area (Å²) in [7, 11) is 3.88. The van der Waals surface area contributed by atoms with E-state index >= 15 is 0 Å². The molecular weight excluding hydrogens is 230 g/mol. The molecule has 0 unspecified atom stereocenters. The molecule has 2 rings (SSSR count). The molecule has 2 heterocycles. The van der Waals surface area contributed by atoms with E-state index in [0.717, 1.165) is 22.8 Å². The van der Waals surface area contributed by atoms with Crippen molar-refractivity contribution in [2.24, 2.45) is 0 Å². The predicted octanol–water partition coefficient (Wildman–Crippen LogP) is 1.65. The topological polar surface area (TPSA) is 62.4 Å². The summed E-state index contributed by atoms with van der Waals surface area (Å²) in [4.78, 5) is 10.6. The Kier molecular flexibility index (Phi) is 3.62. The lowest BCUT2D eigenvalue weighted by Crippen LogP contribution is -2.09. The number of nitrogens with zero attached hydrogens (tertiary/aromatic N) is 3. The zero-order chi connectivity index (χ0) is 13.1. The molecule has 5 nitrogen and oxygen atoms in total. The summed E-state index contributed by atoms with van der Waals surface area (Å²) in [6.45, 7) is 1.92. The highest BCUT2D eigenvalue weighted by molar-refractivity contribution is 5.55. The summed E-state index contributed by atoms with van der Waals surface area (Å²) in [5.41, 5.74) is 1.64. The summed E-state index contributed by atoms with van der Waals surface area (Å²) >= 11 is 0. The van der Waals surface area contributed by atoms with Crippen molar-refractivity contribution in [2.75, 3.05) is 25.6 Å². The van der Waals surface area contributed by atoms with E-state index in [-0.39, 0.29) is 6.61 Å². The van der Waals surface area contributed by atoms with Crippen molar-refractivity contribution in [3.8, 4) is 11.5 Å². The monoisotopic (exact) mass is 247 g/mol. The summed E-state index contributed by atoms with van der Waals surface area (Å²) < 4.78 is 5.58. The molecule has 0 radical (unpaired) electrons. The minimum absolute atomic E-state index is 0.0740. The molecule has 0 aliphatic heterocycles. The average molecular weight is 247 g/mol. The van der Waals surface area contributed by atoms with Crippen LogP contribution in [0.25, 0.3) is 11.5 Å². The van der Waals surface area contributed by atoms with Gasteiger partial charge >= 0.3 is 0 Å².